The highest BCUT2D eigenvalue weighted by Gasteiger charge is 2.38. The Morgan fingerprint density at radius 2 is 2.06 bits per heavy atom. The van der Waals surface area contributed by atoms with Gasteiger partial charge in [-0.05, 0) is 12.2 Å². The number of allylic oxidation sites excluding steroid dienone is 1. The zero-order valence-electron chi connectivity index (χ0n) is 8.28. The smallest absolute Gasteiger partial charge is 0.475 e. The molecule has 0 saturated heterocycles. The van der Waals surface area contributed by atoms with Crippen LogP contribution in [0.25, 0.3) is 0 Å². The minimum Gasteiger partial charge on any atom is -0.475 e. The highest BCUT2D eigenvalue weighted by molar-refractivity contribution is 6.05. The van der Waals surface area contributed by atoms with Crippen LogP contribution < -0.4 is 5.32 Å². The van der Waals surface area contributed by atoms with Crippen LogP contribution in [0.2, 0.25) is 0 Å². The van der Waals surface area contributed by atoms with Crippen LogP contribution in [0.5, 0.6) is 0 Å². The van der Waals surface area contributed by atoms with Crippen molar-refractivity contribution in [3.05, 3.63) is 23.4 Å². The Kier molecular flexibility index (Phi) is 3.66. The molecule has 92 valence electrons. The summed E-state index contributed by atoms with van der Waals surface area (Å²) in [6, 6.07) is 0. The zero-order chi connectivity index (χ0) is 13.1. The molecular formula is C9H7F3N2O3. The Bertz CT molecular complexity index is 435. The number of carbonyl (C=O) groups excluding carboxylic acids is 1. The van der Waals surface area contributed by atoms with E-state index in [1.165, 1.54) is 0 Å². The number of hydrogen-bond acceptors (Lipinski definition) is 3. The molecular weight excluding hydrogens is 241 g/mol. The van der Waals surface area contributed by atoms with E-state index in [2.05, 4.69) is 10.3 Å². The van der Waals surface area contributed by atoms with E-state index in [0.29, 0.717) is 12.1 Å². The summed E-state index contributed by atoms with van der Waals surface area (Å²) in [5.41, 5.74) is 1.50. The second-order valence-corrected chi connectivity index (χ2v) is 2.96. The number of rotatable bonds is 0. The lowest BCUT2D eigenvalue weighted by Crippen LogP contribution is -2.28. The number of aliphatic carboxylic acids is 1. The molecule has 0 saturated carbocycles. The van der Waals surface area contributed by atoms with Crippen molar-refractivity contribution in [1.82, 2.24) is 5.32 Å². The number of fused-ring (bicyclic) bond motifs is 1. The number of nitrogens with one attached hydrogen (secondary N) is 1. The van der Waals surface area contributed by atoms with Crippen LogP contribution in [0, 0.1) is 0 Å². The van der Waals surface area contributed by atoms with Crippen molar-refractivity contribution < 1.29 is 27.9 Å². The molecule has 8 heteroatoms. The van der Waals surface area contributed by atoms with Gasteiger partial charge in [0, 0.05) is 12.8 Å². The van der Waals surface area contributed by atoms with Crippen molar-refractivity contribution in [2.24, 2.45) is 4.99 Å². The highest BCUT2D eigenvalue weighted by atomic mass is 19.4. The molecule has 0 spiro atoms. The molecule has 0 aromatic carbocycles. The van der Waals surface area contributed by atoms with E-state index >= 15 is 0 Å². The molecule has 0 bridgehead atoms. The van der Waals surface area contributed by atoms with Gasteiger partial charge < -0.3 is 10.4 Å². The summed E-state index contributed by atoms with van der Waals surface area (Å²) in [5.74, 6) is -2.78. The molecule has 2 rings (SSSR count). The van der Waals surface area contributed by atoms with Crippen molar-refractivity contribution in [1.29, 1.82) is 0 Å². The van der Waals surface area contributed by atoms with Crippen LogP contribution in [0.15, 0.2) is 28.4 Å². The van der Waals surface area contributed by atoms with Crippen LogP contribution >= 0.6 is 0 Å². The van der Waals surface area contributed by atoms with E-state index in [0.717, 1.165) is 5.70 Å². The van der Waals surface area contributed by atoms with Crippen LogP contribution in [-0.4, -0.2) is 35.9 Å². The van der Waals surface area contributed by atoms with Gasteiger partial charge in [-0.1, -0.05) is 0 Å². The summed E-state index contributed by atoms with van der Waals surface area (Å²) >= 11 is 0. The zero-order valence-corrected chi connectivity index (χ0v) is 8.28. The normalized spacial score (nSPS) is 17.2. The Morgan fingerprint density at radius 3 is 2.53 bits per heavy atom. The Hall–Kier alpha value is -2.12. The van der Waals surface area contributed by atoms with Crippen molar-refractivity contribution in [3.63, 3.8) is 0 Å². The first-order valence-electron chi connectivity index (χ1n) is 4.35. The minimum absolute atomic E-state index is 0.0185. The van der Waals surface area contributed by atoms with Gasteiger partial charge >= 0.3 is 12.1 Å². The Balaban J connectivity index is 0.000000185. The fraction of sp³-hybridized carbons (Fsp3) is 0.222. The summed E-state index contributed by atoms with van der Waals surface area (Å²) in [6.45, 7) is 0.600. The predicted molar refractivity (Wildman–Crippen MR) is 51.4 cm³/mol. The monoisotopic (exact) mass is 248 g/mol. The fourth-order valence-corrected chi connectivity index (χ4v) is 1.04. The van der Waals surface area contributed by atoms with E-state index in [-0.39, 0.29) is 5.91 Å². The van der Waals surface area contributed by atoms with E-state index in [9.17, 15) is 18.0 Å². The molecule has 0 aromatic heterocycles. The average molecular weight is 248 g/mol. The van der Waals surface area contributed by atoms with E-state index in [1.54, 1.807) is 12.3 Å². The lowest BCUT2D eigenvalue weighted by Gasteiger charge is -2.09. The number of hydrogen-bond donors (Lipinski definition) is 2. The maximum Gasteiger partial charge on any atom is 0.490 e. The SMILES string of the molecule is O=C(O)C(F)(F)F.O=C1NCC=C2N=CC=C12. The molecule has 2 heterocycles. The standard InChI is InChI=1S/C7H6N2O.C2HF3O2/c10-7-5-1-3-8-6(5)2-4-9-7;3-2(4,5)1(6)7/h1-3H,4H2,(H,9,10);(H,6,7). The highest BCUT2D eigenvalue weighted by Crippen LogP contribution is 2.17. The Labute approximate surface area is 93.3 Å². The van der Waals surface area contributed by atoms with Gasteiger partial charge in [0.25, 0.3) is 5.91 Å². The third-order valence-corrected chi connectivity index (χ3v) is 1.78. The molecule has 5 nitrogen and oxygen atoms in total. The maximum absolute atomic E-state index is 11.0. The van der Waals surface area contributed by atoms with Crippen LogP contribution in [-0.2, 0) is 9.59 Å². The first kappa shape index (κ1) is 12.9. The van der Waals surface area contributed by atoms with Crippen molar-refractivity contribution in [3.8, 4) is 0 Å². The Morgan fingerprint density at radius 1 is 1.47 bits per heavy atom. The number of amides is 1. The second-order valence-electron chi connectivity index (χ2n) is 2.96. The minimum atomic E-state index is -5.08. The third kappa shape index (κ3) is 3.44. The van der Waals surface area contributed by atoms with Crippen molar-refractivity contribution in [2.45, 2.75) is 6.18 Å². The number of halogens is 3. The molecule has 2 aliphatic heterocycles. The summed E-state index contributed by atoms with van der Waals surface area (Å²) in [4.78, 5) is 23.9. The van der Waals surface area contributed by atoms with Gasteiger partial charge in [-0.25, -0.2) is 4.79 Å². The van der Waals surface area contributed by atoms with Crippen LogP contribution in [0.1, 0.15) is 0 Å². The van der Waals surface area contributed by atoms with Gasteiger partial charge in [0.15, 0.2) is 0 Å². The first-order chi connectivity index (χ1) is 7.82. The third-order valence-electron chi connectivity index (χ3n) is 1.78. The maximum atomic E-state index is 11.0. The first-order valence-corrected chi connectivity index (χ1v) is 4.35. The molecule has 0 fully saturated rings. The van der Waals surface area contributed by atoms with Gasteiger partial charge in [-0.15, -0.1) is 0 Å². The lowest BCUT2D eigenvalue weighted by molar-refractivity contribution is -0.192. The summed E-state index contributed by atoms with van der Waals surface area (Å²) in [7, 11) is 0. The van der Waals surface area contributed by atoms with Gasteiger partial charge in [0.05, 0.1) is 11.3 Å². The predicted octanol–water partition coefficient (Wildman–Crippen LogP) is 0.644. The number of carbonyl (C=O) groups is 2. The molecule has 0 aliphatic carbocycles. The van der Waals surface area contributed by atoms with E-state index in [4.69, 9.17) is 9.90 Å². The number of nitrogens with zero attached hydrogens (tertiary/aromatic N) is 1. The van der Waals surface area contributed by atoms with Gasteiger partial charge in [-0.2, -0.15) is 13.2 Å². The topological polar surface area (TPSA) is 78.8 Å². The molecule has 17 heavy (non-hydrogen) atoms. The molecule has 2 N–H and O–H groups in total. The van der Waals surface area contributed by atoms with Crippen LogP contribution in [0.4, 0.5) is 13.2 Å². The van der Waals surface area contributed by atoms with E-state index in [1.807, 2.05) is 6.08 Å². The molecule has 1 amide bonds. The average Bonchev–Trinajstić information content (AvgIpc) is 2.66. The fourth-order valence-electron chi connectivity index (χ4n) is 1.04. The molecule has 0 atom stereocenters. The van der Waals surface area contributed by atoms with E-state index < -0.39 is 12.1 Å². The quantitative estimate of drug-likeness (QED) is 0.660. The summed E-state index contributed by atoms with van der Waals surface area (Å²) in [5, 5.41) is 9.81. The summed E-state index contributed by atoms with van der Waals surface area (Å²) in [6.07, 6.45) is 0.184. The number of carboxylic acids is 1. The number of aliphatic imine (C=N–C) groups is 1. The van der Waals surface area contributed by atoms with Gasteiger partial charge in [0.2, 0.25) is 0 Å². The number of alkyl halides is 3. The van der Waals surface area contributed by atoms with Crippen LogP contribution in [0.3, 0.4) is 0 Å². The number of carboxylic acid groups (broad SMARTS) is 1. The van der Waals surface area contributed by atoms with Gasteiger partial charge in [0.1, 0.15) is 0 Å². The molecule has 0 radical (unpaired) electrons. The van der Waals surface area contributed by atoms with Crippen molar-refractivity contribution >= 4 is 18.1 Å². The van der Waals surface area contributed by atoms with Gasteiger partial charge in [-0.3, -0.25) is 9.79 Å². The molecule has 0 unspecified atom stereocenters. The molecule has 0 aromatic rings. The summed E-state index contributed by atoms with van der Waals surface area (Å²) < 4.78 is 31.7. The largest absolute Gasteiger partial charge is 0.490 e. The molecule has 2 aliphatic rings. The second kappa shape index (κ2) is 4.81. The lowest BCUT2D eigenvalue weighted by atomic mass is 10.1. The van der Waals surface area contributed by atoms with Crippen molar-refractivity contribution in [2.75, 3.05) is 6.54 Å².